The molecule has 198 valence electrons. The number of carbonyl (C=O) groups excluding carboxylic acids is 1. The van der Waals surface area contributed by atoms with Crippen LogP contribution in [-0.4, -0.2) is 40.7 Å². The van der Waals surface area contributed by atoms with Crippen molar-refractivity contribution in [1.29, 1.82) is 0 Å². The Hall–Kier alpha value is -3.63. The average molecular weight is 536 g/mol. The first-order chi connectivity index (χ1) is 18.5. The van der Waals surface area contributed by atoms with E-state index in [1.165, 1.54) is 17.8 Å². The lowest BCUT2D eigenvalue weighted by atomic mass is 10.0. The van der Waals surface area contributed by atoms with Crippen molar-refractivity contribution in [2.45, 2.75) is 36.4 Å². The number of amides is 1. The van der Waals surface area contributed by atoms with Crippen LogP contribution in [0.15, 0.2) is 90.3 Å². The zero-order valence-corrected chi connectivity index (χ0v) is 21.4. The van der Waals surface area contributed by atoms with E-state index in [1.54, 1.807) is 36.4 Å². The van der Waals surface area contributed by atoms with Gasteiger partial charge in [0.2, 0.25) is 0 Å². The predicted octanol–water partition coefficient (Wildman–Crippen LogP) is 5.95. The van der Waals surface area contributed by atoms with E-state index in [9.17, 15) is 19.8 Å². The number of hydrogen-bond acceptors (Lipinski definition) is 7. The maximum absolute atomic E-state index is 12.0. The van der Waals surface area contributed by atoms with Crippen LogP contribution in [0.3, 0.4) is 0 Å². The summed E-state index contributed by atoms with van der Waals surface area (Å²) in [6.07, 6.45) is 0.176. The Kier molecular flexibility index (Phi) is 9.56. The standard InChI is InChI=1S/C29H29NO7S/c1-2-14-35-29(34)30-22-7-5-6-21(15-22)28-36-23(18-38-26-9-4-3-8-24(26)27(32)33)16-25(37-28)20-12-10-19(17-31)11-13-20/h2-13,15,23,25,28,31H,1,14,16-18H2,(H,30,34)(H,32,33)/t23-,25+,28+/m1/s1. The third kappa shape index (κ3) is 7.23. The van der Waals surface area contributed by atoms with Crippen LogP contribution in [0, 0.1) is 0 Å². The summed E-state index contributed by atoms with van der Waals surface area (Å²) in [6.45, 7) is 3.58. The maximum atomic E-state index is 12.0. The number of carbonyl (C=O) groups is 2. The number of thioether (sulfide) groups is 1. The van der Waals surface area contributed by atoms with E-state index >= 15 is 0 Å². The summed E-state index contributed by atoms with van der Waals surface area (Å²) in [5.74, 6) is -0.460. The molecule has 0 unspecified atom stereocenters. The lowest BCUT2D eigenvalue weighted by molar-refractivity contribution is -0.245. The Bertz CT molecular complexity index is 1260. The van der Waals surface area contributed by atoms with Gasteiger partial charge in [-0.2, -0.15) is 0 Å². The molecule has 1 aliphatic rings. The highest BCUT2D eigenvalue weighted by atomic mass is 32.2. The van der Waals surface area contributed by atoms with Crippen molar-refractivity contribution in [2.75, 3.05) is 17.7 Å². The van der Waals surface area contributed by atoms with Gasteiger partial charge in [-0.1, -0.05) is 61.2 Å². The zero-order valence-electron chi connectivity index (χ0n) is 20.6. The van der Waals surface area contributed by atoms with Gasteiger partial charge in [-0.15, -0.1) is 11.8 Å². The quantitative estimate of drug-likeness (QED) is 0.216. The zero-order chi connectivity index (χ0) is 26.9. The Morgan fingerprint density at radius 2 is 1.84 bits per heavy atom. The molecule has 4 rings (SSSR count). The number of aliphatic hydroxyl groups excluding tert-OH is 1. The minimum Gasteiger partial charge on any atom is -0.478 e. The van der Waals surface area contributed by atoms with Gasteiger partial charge in [-0.05, 0) is 35.4 Å². The van der Waals surface area contributed by atoms with Crippen LogP contribution >= 0.6 is 11.8 Å². The molecule has 1 aliphatic heterocycles. The number of benzene rings is 3. The van der Waals surface area contributed by atoms with Gasteiger partial charge in [0.05, 0.1) is 24.4 Å². The molecule has 3 aromatic rings. The first kappa shape index (κ1) is 27.4. The van der Waals surface area contributed by atoms with Crippen LogP contribution in [0.4, 0.5) is 10.5 Å². The van der Waals surface area contributed by atoms with Crippen molar-refractivity contribution >= 4 is 29.5 Å². The molecule has 1 heterocycles. The van der Waals surface area contributed by atoms with Crippen molar-refractivity contribution < 1.29 is 34.0 Å². The third-order valence-corrected chi connectivity index (χ3v) is 7.10. The van der Waals surface area contributed by atoms with Gasteiger partial charge >= 0.3 is 12.1 Å². The molecule has 38 heavy (non-hydrogen) atoms. The monoisotopic (exact) mass is 535 g/mol. The van der Waals surface area contributed by atoms with Crippen molar-refractivity contribution in [3.05, 3.63) is 108 Å². The molecule has 8 nitrogen and oxygen atoms in total. The summed E-state index contributed by atoms with van der Waals surface area (Å²) in [7, 11) is 0. The van der Waals surface area contributed by atoms with E-state index in [0.29, 0.717) is 28.3 Å². The molecule has 0 spiro atoms. The normalized spacial score (nSPS) is 18.9. The SMILES string of the molecule is C=CCOC(=O)Nc1cccc([C@H]2O[C@@H](CSc3ccccc3C(=O)O)C[C@@H](c3ccc(CO)cc3)O2)c1. The lowest BCUT2D eigenvalue weighted by Crippen LogP contribution is -2.31. The second-order valence-corrected chi connectivity index (χ2v) is 9.66. The van der Waals surface area contributed by atoms with Gasteiger partial charge in [0.1, 0.15) is 6.61 Å². The molecule has 3 atom stereocenters. The van der Waals surface area contributed by atoms with Crippen LogP contribution in [-0.2, 0) is 20.8 Å². The molecular weight excluding hydrogens is 506 g/mol. The third-order valence-electron chi connectivity index (χ3n) is 5.89. The highest BCUT2D eigenvalue weighted by Gasteiger charge is 2.32. The van der Waals surface area contributed by atoms with E-state index in [4.69, 9.17) is 14.2 Å². The number of aromatic carboxylic acids is 1. The molecule has 0 bridgehead atoms. The highest BCUT2D eigenvalue weighted by molar-refractivity contribution is 7.99. The van der Waals surface area contributed by atoms with Crippen LogP contribution in [0.1, 0.15) is 45.9 Å². The Morgan fingerprint density at radius 1 is 1.05 bits per heavy atom. The van der Waals surface area contributed by atoms with Crippen LogP contribution in [0.5, 0.6) is 0 Å². The first-order valence-corrected chi connectivity index (χ1v) is 13.1. The van der Waals surface area contributed by atoms with Gasteiger partial charge in [-0.3, -0.25) is 5.32 Å². The Morgan fingerprint density at radius 3 is 2.58 bits per heavy atom. The summed E-state index contributed by atoms with van der Waals surface area (Å²) >= 11 is 1.43. The summed E-state index contributed by atoms with van der Waals surface area (Å²) in [6, 6.07) is 21.6. The number of carboxylic acids is 1. The largest absolute Gasteiger partial charge is 0.478 e. The maximum Gasteiger partial charge on any atom is 0.411 e. The number of carboxylic acid groups (broad SMARTS) is 1. The highest BCUT2D eigenvalue weighted by Crippen LogP contribution is 2.40. The number of nitrogens with one attached hydrogen (secondary N) is 1. The fourth-order valence-corrected chi connectivity index (χ4v) is 5.09. The minimum absolute atomic E-state index is 0.0468. The first-order valence-electron chi connectivity index (χ1n) is 12.1. The van der Waals surface area contributed by atoms with Crippen molar-refractivity contribution in [3.8, 4) is 0 Å². The van der Waals surface area contributed by atoms with E-state index in [-0.39, 0.29) is 31.0 Å². The molecule has 0 aliphatic carbocycles. The molecule has 3 aromatic carbocycles. The number of aliphatic hydroxyl groups is 1. The second-order valence-electron chi connectivity index (χ2n) is 8.60. The molecule has 1 saturated heterocycles. The Balaban J connectivity index is 1.54. The molecule has 0 saturated carbocycles. The molecule has 1 fully saturated rings. The van der Waals surface area contributed by atoms with Gasteiger partial charge in [-0.25, -0.2) is 9.59 Å². The van der Waals surface area contributed by atoms with Gasteiger partial charge in [0, 0.05) is 28.3 Å². The summed E-state index contributed by atoms with van der Waals surface area (Å²) in [5, 5.41) is 21.6. The van der Waals surface area contributed by atoms with Crippen LogP contribution in [0.2, 0.25) is 0 Å². The van der Waals surface area contributed by atoms with Crippen LogP contribution < -0.4 is 5.32 Å². The number of hydrogen-bond donors (Lipinski definition) is 3. The summed E-state index contributed by atoms with van der Waals surface area (Å²) in [5.41, 5.74) is 3.23. The smallest absolute Gasteiger partial charge is 0.411 e. The van der Waals surface area contributed by atoms with Gasteiger partial charge in [0.25, 0.3) is 0 Å². The van der Waals surface area contributed by atoms with Crippen molar-refractivity contribution in [3.63, 3.8) is 0 Å². The predicted molar refractivity (Wildman–Crippen MR) is 144 cm³/mol. The molecule has 3 N–H and O–H groups in total. The van der Waals surface area contributed by atoms with Crippen molar-refractivity contribution in [2.24, 2.45) is 0 Å². The fraction of sp³-hybridized carbons (Fsp3) is 0.241. The fourth-order valence-electron chi connectivity index (χ4n) is 4.03. The Labute approximate surface area is 225 Å². The van der Waals surface area contributed by atoms with Crippen molar-refractivity contribution in [1.82, 2.24) is 0 Å². The molecule has 0 radical (unpaired) electrons. The van der Waals surface area contributed by atoms with E-state index in [1.807, 2.05) is 36.4 Å². The number of anilines is 1. The van der Waals surface area contributed by atoms with E-state index in [0.717, 1.165) is 11.1 Å². The number of ether oxygens (including phenoxy) is 3. The molecule has 1 amide bonds. The van der Waals surface area contributed by atoms with Gasteiger partial charge in [0.15, 0.2) is 6.29 Å². The second kappa shape index (κ2) is 13.3. The van der Waals surface area contributed by atoms with E-state index < -0.39 is 18.4 Å². The van der Waals surface area contributed by atoms with Gasteiger partial charge < -0.3 is 24.4 Å². The molecular formula is C29H29NO7S. The average Bonchev–Trinajstić information content (AvgIpc) is 2.95. The van der Waals surface area contributed by atoms with Crippen LogP contribution in [0.25, 0.3) is 0 Å². The number of rotatable bonds is 10. The lowest BCUT2D eigenvalue weighted by Gasteiger charge is -2.36. The summed E-state index contributed by atoms with van der Waals surface area (Å²) in [4.78, 5) is 24.3. The molecule has 0 aromatic heterocycles. The molecule has 9 heteroatoms. The minimum atomic E-state index is -0.975. The summed E-state index contributed by atoms with van der Waals surface area (Å²) < 4.78 is 17.7. The topological polar surface area (TPSA) is 114 Å². The van der Waals surface area contributed by atoms with E-state index in [2.05, 4.69) is 11.9 Å².